The molecule has 0 bridgehead atoms. The van der Waals surface area contributed by atoms with Crippen molar-refractivity contribution in [3.8, 4) is 0 Å². The number of rotatable bonds is 3. The van der Waals surface area contributed by atoms with Crippen LogP contribution in [0.4, 0.5) is 5.69 Å². The summed E-state index contributed by atoms with van der Waals surface area (Å²) >= 11 is 0. The predicted molar refractivity (Wildman–Crippen MR) is 78.9 cm³/mol. The molecule has 0 radical (unpaired) electrons. The molecule has 0 amide bonds. The molecule has 2 N–H and O–H groups in total. The minimum absolute atomic E-state index is 0.732. The topological polar surface area (TPSA) is 42.1 Å². The average Bonchev–Trinajstić information content (AvgIpc) is 2.89. The molecule has 1 saturated heterocycles. The van der Waals surface area contributed by atoms with Gasteiger partial charge in [-0.25, -0.2) is 0 Å². The van der Waals surface area contributed by atoms with Crippen molar-refractivity contribution in [3.63, 3.8) is 0 Å². The molecular formula is C16H25N3. The Kier molecular flexibility index (Phi) is 3.74. The fourth-order valence-electron chi connectivity index (χ4n) is 3.73. The van der Waals surface area contributed by atoms with Crippen LogP contribution in [0.5, 0.6) is 0 Å². The smallest absolute Gasteiger partial charge is 0.0501 e. The summed E-state index contributed by atoms with van der Waals surface area (Å²) in [7, 11) is 0. The molecule has 2 aliphatic rings. The average molecular weight is 259 g/mol. The molecule has 104 valence electrons. The summed E-state index contributed by atoms with van der Waals surface area (Å²) in [5, 5.41) is 0. The molecule has 1 aromatic heterocycles. The second-order valence-corrected chi connectivity index (χ2v) is 6.38. The number of piperidine rings is 1. The first-order valence-electron chi connectivity index (χ1n) is 7.69. The highest BCUT2D eigenvalue weighted by atomic mass is 15.1. The lowest BCUT2D eigenvalue weighted by atomic mass is 9.77. The van der Waals surface area contributed by atoms with Gasteiger partial charge in [0.05, 0.1) is 11.9 Å². The van der Waals surface area contributed by atoms with Gasteiger partial charge < -0.3 is 10.6 Å². The Bertz CT molecular complexity index is 397. The zero-order valence-electron chi connectivity index (χ0n) is 11.8. The van der Waals surface area contributed by atoms with Crippen LogP contribution in [-0.2, 0) is 6.42 Å². The summed E-state index contributed by atoms with van der Waals surface area (Å²) < 4.78 is 0. The third-order valence-corrected chi connectivity index (χ3v) is 5.11. The van der Waals surface area contributed by atoms with E-state index in [1.54, 1.807) is 6.20 Å². The van der Waals surface area contributed by atoms with Crippen LogP contribution in [0.15, 0.2) is 18.3 Å². The maximum Gasteiger partial charge on any atom is 0.0501 e. The molecule has 1 aromatic rings. The molecule has 0 atom stereocenters. The highest BCUT2D eigenvalue weighted by Gasteiger charge is 2.36. The Hall–Kier alpha value is -1.09. The molecule has 1 spiro atoms. The minimum atomic E-state index is 0.732. The molecule has 2 heterocycles. The van der Waals surface area contributed by atoms with Crippen LogP contribution in [-0.4, -0.2) is 29.5 Å². The van der Waals surface area contributed by atoms with Gasteiger partial charge in [0.15, 0.2) is 0 Å². The Labute approximate surface area is 116 Å². The van der Waals surface area contributed by atoms with E-state index in [2.05, 4.69) is 16.0 Å². The van der Waals surface area contributed by atoms with Crippen molar-refractivity contribution in [1.29, 1.82) is 0 Å². The van der Waals surface area contributed by atoms with Gasteiger partial charge in [-0.2, -0.15) is 0 Å². The van der Waals surface area contributed by atoms with Gasteiger partial charge in [0.1, 0.15) is 0 Å². The number of nitrogens with two attached hydrogens (primary N) is 1. The van der Waals surface area contributed by atoms with Gasteiger partial charge >= 0.3 is 0 Å². The van der Waals surface area contributed by atoms with Crippen molar-refractivity contribution in [3.05, 3.63) is 24.0 Å². The maximum absolute atomic E-state index is 5.66. The van der Waals surface area contributed by atoms with Crippen LogP contribution >= 0.6 is 0 Å². The molecular weight excluding hydrogens is 234 g/mol. The van der Waals surface area contributed by atoms with Crippen LogP contribution in [0.3, 0.4) is 0 Å². The van der Waals surface area contributed by atoms with E-state index in [-0.39, 0.29) is 0 Å². The first-order valence-corrected chi connectivity index (χ1v) is 7.69. The van der Waals surface area contributed by atoms with Gasteiger partial charge in [-0.3, -0.25) is 4.98 Å². The predicted octanol–water partition coefficient (Wildman–Crippen LogP) is 2.86. The Morgan fingerprint density at radius 3 is 2.47 bits per heavy atom. The van der Waals surface area contributed by atoms with Gasteiger partial charge in [0, 0.05) is 18.7 Å². The third kappa shape index (κ3) is 3.08. The molecule has 2 fully saturated rings. The van der Waals surface area contributed by atoms with E-state index in [0.29, 0.717) is 0 Å². The quantitative estimate of drug-likeness (QED) is 0.907. The van der Waals surface area contributed by atoms with E-state index < -0.39 is 0 Å². The van der Waals surface area contributed by atoms with Crippen molar-refractivity contribution >= 4 is 5.69 Å². The van der Waals surface area contributed by atoms with E-state index in [1.165, 1.54) is 51.6 Å². The van der Waals surface area contributed by atoms with Gasteiger partial charge in [-0.15, -0.1) is 0 Å². The Morgan fingerprint density at radius 1 is 1.11 bits per heavy atom. The number of likely N-dealkylation sites (tertiary alicyclic amines) is 1. The fraction of sp³-hybridized carbons (Fsp3) is 0.688. The standard InChI is InChI=1S/C16H25N3/c17-14-3-4-15(18-13-14)5-10-19-11-8-16(9-12-19)6-1-2-7-16/h3-4,13H,1-2,5-12,17H2. The maximum atomic E-state index is 5.66. The number of nitrogen functional groups attached to an aromatic ring is 1. The van der Waals surface area contributed by atoms with Crippen LogP contribution < -0.4 is 5.73 Å². The summed E-state index contributed by atoms with van der Waals surface area (Å²) in [6.45, 7) is 3.72. The summed E-state index contributed by atoms with van der Waals surface area (Å²) in [4.78, 5) is 6.99. The van der Waals surface area contributed by atoms with Crippen LogP contribution in [0.1, 0.15) is 44.2 Å². The van der Waals surface area contributed by atoms with Crippen molar-refractivity contribution in [2.24, 2.45) is 5.41 Å². The molecule has 3 rings (SSSR count). The number of aromatic nitrogens is 1. The largest absolute Gasteiger partial charge is 0.397 e. The summed E-state index contributed by atoms with van der Waals surface area (Å²) in [5.74, 6) is 0. The van der Waals surface area contributed by atoms with Crippen LogP contribution in [0.25, 0.3) is 0 Å². The lowest BCUT2D eigenvalue weighted by Crippen LogP contribution is -2.39. The normalized spacial score (nSPS) is 22.9. The number of hydrogen-bond donors (Lipinski definition) is 1. The van der Waals surface area contributed by atoms with E-state index in [0.717, 1.165) is 29.8 Å². The van der Waals surface area contributed by atoms with Gasteiger partial charge in [0.2, 0.25) is 0 Å². The lowest BCUT2D eigenvalue weighted by molar-refractivity contribution is 0.109. The van der Waals surface area contributed by atoms with Crippen molar-refractivity contribution in [2.75, 3.05) is 25.4 Å². The van der Waals surface area contributed by atoms with Gasteiger partial charge in [-0.1, -0.05) is 12.8 Å². The van der Waals surface area contributed by atoms with E-state index >= 15 is 0 Å². The van der Waals surface area contributed by atoms with Crippen molar-refractivity contribution in [1.82, 2.24) is 9.88 Å². The number of hydrogen-bond acceptors (Lipinski definition) is 3. The molecule has 0 aromatic carbocycles. The summed E-state index contributed by atoms with van der Waals surface area (Å²) in [6.07, 6.45) is 11.6. The van der Waals surface area contributed by atoms with Crippen LogP contribution in [0.2, 0.25) is 0 Å². The molecule has 0 unspecified atom stereocenters. The molecule has 1 aliphatic carbocycles. The zero-order chi connectivity index (χ0) is 13.1. The van der Waals surface area contributed by atoms with Gasteiger partial charge in [0.25, 0.3) is 0 Å². The van der Waals surface area contributed by atoms with Gasteiger partial charge in [-0.05, 0) is 56.3 Å². The first-order chi connectivity index (χ1) is 9.26. The zero-order valence-corrected chi connectivity index (χ0v) is 11.8. The molecule has 19 heavy (non-hydrogen) atoms. The molecule has 3 nitrogen and oxygen atoms in total. The van der Waals surface area contributed by atoms with Crippen molar-refractivity contribution < 1.29 is 0 Å². The SMILES string of the molecule is Nc1ccc(CCN2CCC3(CCCC3)CC2)nc1. The first kappa shape index (κ1) is 12.9. The second-order valence-electron chi connectivity index (χ2n) is 6.38. The fourth-order valence-corrected chi connectivity index (χ4v) is 3.73. The van der Waals surface area contributed by atoms with Crippen molar-refractivity contribution in [2.45, 2.75) is 44.9 Å². The van der Waals surface area contributed by atoms with E-state index in [9.17, 15) is 0 Å². The lowest BCUT2D eigenvalue weighted by Gasteiger charge is -2.39. The van der Waals surface area contributed by atoms with E-state index in [1.807, 2.05) is 6.07 Å². The number of pyridine rings is 1. The minimum Gasteiger partial charge on any atom is -0.397 e. The number of anilines is 1. The highest BCUT2D eigenvalue weighted by Crippen LogP contribution is 2.45. The Morgan fingerprint density at radius 2 is 1.84 bits per heavy atom. The third-order valence-electron chi connectivity index (χ3n) is 5.11. The summed E-state index contributed by atoms with van der Waals surface area (Å²) in [5.41, 5.74) is 8.31. The molecule has 1 aliphatic heterocycles. The highest BCUT2D eigenvalue weighted by molar-refractivity contribution is 5.34. The molecule has 3 heteroatoms. The number of nitrogens with zero attached hydrogens (tertiary/aromatic N) is 2. The molecule has 1 saturated carbocycles. The Balaban J connectivity index is 1.46. The summed E-state index contributed by atoms with van der Waals surface area (Å²) in [6, 6.07) is 4.00. The second kappa shape index (κ2) is 5.49. The van der Waals surface area contributed by atoms with Crippen LogP contribution in [0, 0.1) is 5.41 Å². The monoisotopic (exact) mass is 259 g/mol. The van der Waals surface area contributed by atoms with E-state index in [4.69, 9.17) is 5.73 Å².